The molecular formula is C34H31F3N6O2. The van der Waals surface area contributed by atoms with Gasteiger partial charge in [-0.3, -0.25) is 4.79 Å². The van der Waals surface area contributed by atoms with Crippen LogP contribution in [0.5, 0.6) is 0 Å². The van der Waals surface area contributed by atoms with Crippen LogP contribution in [0.4, 0.5) is 36.3 Å². The summed E-state index contributed by atoms with van der Waals surface area (Å²) in [4.78, 5) is 28.8. The van der Waals surface area contributed by atoms with E-state index >= 15 is 0 Å². The SMILES string of the molecule is Cc1ccc(NC(=O)c2cccc(C(F)(F)F)c2)cc1-c1cc(C)c2nc(Nc3ccc(N4CCC(O)CC4)nc3)ncc2c1. The van der Waals surface area contributed by atoms with Crippen LogP contribution in [0, 0.1) is 13.8 Å². The highest BCUT2D eigenvalue weighted by molar-refractivity contribution is 6.04. The minimum Gasteiger partial charge on any atom is -0.393 e. The number of benzene rings is 3. The summed E-state index contributed by atoms with van der Waals surface area (Å²) in [6.07, 6.45) is 0.179. The molecule has 0 spiro atoms. The van der Waals surface area contributed by atoms with Crippen LogP contribution in [0.25, 0.3) is 22.0 Å². The summed E-state index contributed by atoms with van der Waals surface area (Å²) in [6.45, 7) is 5.45. The van der Waals surface area contributed by atoms with Crippen molar-refractivity contribution in [1.82, 2.24) is 15.0 Å². The molecule has 0 radical (unpaired) electrons. The number of aryl methyl sites for hydroxylation is 2. The summed E-state index contributed by atoms with van der Waals surface area (Å²) in [7, 11) is 0. The second-order valence-electron chi connectivity index (χ2n) is 11.2. The van der Waals surface area contributed by atoms with Crippen LogP contribution in [0.2, 0.25) is 0 Å². The summed E-state index contributed by atoms with van der Waals surface area (Å²) in [5.41, 5.74) is 4.67. The third-order valence-corrected chi connectivity index (χ3v) is 7.92. The fourth-order valence-corrected chi connectivity index (χ4v) is 5.46. The number of piperidine rings is 1. The van der Waals surface area contributed by atoms with Gasteiger partial charge in [-0.15, -0.1) is 0 Å². The second kappa shape index (κ2) is 12.2. The first kappa shape index (κ1) is 30.0. The van der Waals surface area contributed by atoms with Crippen LogP contribution in [-0.4, -0.2) is 45.2 Å². The number of alkyl halides is 3. The Labute approximate surface area is 258 Å². The number of nitrogens with zero attached hydrogens (tertiary/aromatic N) is 4. The summed E-state index contributed by atoms with van der Waals surface area (Å²) in [5.74, 6) is 0.671. The van der Waals surface area contributed by atoms with Crippen molar-refractivity contribution >= 4 is 40.0 Å². The van der Waals surface area contributed by atoms with Crippen LogP contribution < -0.4 is 15.5 Å². The smallest absolute Gasteiger partial charge is 0.393 e. The fourth-order valence-electron chi connectivity index (χ4n) is 5.46. The first-order valence-corrected chi connectivity index (χ1v) is 14.6. The van der Waals surface area contributed by atoms with E-state index in [-0.39, 0.29) is 11.7 Å². The predicted molar refractivity (Wildman–Crippen MR) is 169 cm³/mol. The molecule has 0 saturated carbocycles. The predicted octanol–water partition coefficient (Wildman–Crippen LogP) is 7.28. The van der Waals surface area contributed by atoms with E-state index in [0.717, 1.165) is 82.7 Å². The number of anilines is 4. The van der Waals surface area contributed by atoms with E-state index in [2.05, 4.69) is 25.5 Å². The van der Waals surface area contributed by atoms with Gasteiger partial charge in [0, 0.05) is 35.9 Å². The largest absolute Gasteiger partial charge is 0.416 e. The molecule has 11 heteroatoms. The van der Waals surface area contributed by atoms with E-state index in [4.69, 9.17) is 4.98 Å². The number of nitrogens with one attached hydrogen (secondary N) is 2. The molecule has 45 heavy (non-hydrogen) atoms. The zero-order valence-electron chi connectivity index (χ0n) is 24.7. The molecule has 3 N–H and O–H groups in total. The number of aromatic nitrogens is 3. The first-order chi connectivity index (χ1) is 21.5. The molecule has 0 atom stereocenters. The van der Waals surface area contributed by atoms with E-state index in [1.54, 1.807) is 24.5 Å². The molecule has 5 aromatic rings. The molecule has 230 valence electrons. The number of amides is 1. The number of aliphatic hydroxyl groups excluding tert-OH is 1. The highest BCUT2D eigenvalue weighted by Crippen LogP contribution is 2.33. The number of pyridine rings is 1. The monoisotopic (exact) mass is 612 g/mol. The van der Waals surface area contributed by atoms with Crippen LogP contribution in [0.15, 0.2) is 79.1 Å². The molecule has 6 rings (SSSR count). The molecule has 8 nitrogen and oxygen atoms in total. The van der Waals surface area contributed by atoms with Crippen molar-refractivity contribution in [2.45, 2.75) is 39.0 Å². The van der Waals surface area contributed by atoms with Crippen LogP contribution in [0.1, 0.15) is 39.9 Å². The van der Waals surface area contributed by atoms with Gasteiger partial charge in [-0.2, -0.15) is 13.2 Å². The molecule has 1 saturated heterocycles. The topological polar surface area (TPSA) is 103 Å². The summed E-state index contributed by atoms with van der Waals surface area (Å²) in [6, 6.07) is 17.6. The Balaban J connectivity index is 1.20. The van der Waals surface area contributed by atoms with Gasteiger partial charge in [0.2, 0.25) is 5.95 Å². The van der Waals surface area contributed by atoms with Gasteiger partial charge in [-0.05, 0) is 104 Å². The Hall–Kier alpha value is -5.03. The van der Waals surface area contributed by atoms with E-state index in [1.165, 1.54) is 12.1 Å². The van der Waals surface area contributed by atoms with Gasteiger partial charge in [-0.1, -0.05) is 12.1 Å². The minimum atomic E-state index is -4.54. The van der Waals surface area contributed by atoms with E-state index in [0.29, 0.717) is 11.6 Å². The Bertz CT molecular complexity index is 1870. The zero-order chi connectivity index (χ0) is 31.7. The number of carbonyl (C=O) groups excluding carboxylic acids is 1. The van der Waals surface area contributed by atoms with Crippen LogP contribution in [-0.2, 0) is 6.18 Å². The number of aliphatic hydroxyl groups is 1. The summed E-state index contributed by atoms with van der Waals surface area (Å²) >= 11 is 0. The zero-order valence-corrected chi connectivity index (χ0v) is 24.7. The lowest BCUT2D eigenvalue weighted by atomic mass is 9.96. The number of hydrogen-bond donors (Lipinski definition) is 3. The number of fused-ring (bicyclic) bond motifs is 1. The molecule has 0 aliphatic carbocycles. The van der Waals surface area contributed by atoms with Gasteiger partial charge in [0.05, 0.1) is 29.1 Å². The van der Waals surface area contributed by atoms with E-state index in [1.807, 2.05) is 44.2 Å². The van der Waals surface area contributed by atoms with Gasteiger partial charge in [0.25, 0.3) is 5.91 Å². The third kappa shape index (κ3) is 6.73. The summed E-state index contributed by atoms with van der Waals surface area (Å²) < 4.78 is 39.4. The molecular weight excluding hydrogens is 581 g/mol. The molecule has 1 aliphatic heterocycles. The molecule has 1 fully saturated rings. The van der Waals surface area contributed by atoms with Crippen molar-refractivity contribution in [2.75, 3.05) is 28.6 Å². The molecule has 1 aliphatic rings. The molecule has 0 bridgehead atoms. The average Bonchev–Trinajstić information content (AvgIpc) is 3.02. The quantitative estimate of drug-likeness (QED) is 0.185. The van der Waals surface area contributed by atoms with E-state index < -0.39 is 17.6 Å². The molecule has 0 unspecified atom stereocenters. The maximum atomic E-state index is 13.1. The standard InChI is InChI=1S/C34H31F3N6O2/c1-20-6-7-26(40-32(45)22-4-3-5-25(16-22)34(35,36)37)17-29(20)23-14-21(2)31-24(15-23)18-39-33(42-31)41-27-8-9-30(38-19-27)43-12-10-28(44)11-13-43/h3-9,14-19,28,44H,10-13H2,1-2H3,(H,40,45)(H,39,41,42). The van der Waals surface area contributed by atoms with Crippen molar-refractivity contribution in [3.05, 3.63) is 101 Å². The maximum Gasteiger partial charge on any atom is 0.416 e. The maximum absolute atomic E-state index is 13.1. The van der Waals surface area contributed by atoms with Gasteiger partial charge in [0.15, 0.2) is 0 Å². The van der Waals surface area contributed by atoms with Crippen LogP contribution >= 0.6 is 0 Å². The van der Waals surface area contributed by atoms with Crippen molar-refractivity contribution in [2.24, 2.45) is 0 Å². The Kier molecular flexibility index (Phi) is 8.11. The molecule has 1 amide bonds. The highest BCUT2D eigenvalue weighted by Gasteiger charge is 2.31. The Morgan fingerprint density at radius 3 is 2.42 bits per heavy atom. The molecule has 2 aromatic heterocycles. The molecule has 3 heterocycles. The lowest BCUT2D eigenvalue weighted by molar-refractivity contribution is -0.137. The molecule has 3 aromatic carbocycles. The fraction of sp³-hybridized carbons (Fsp3) is 0.235. The van der Waals surface area contributed by atoms with Crippen molar-refractivity contribution in [1.29, 1.82) is 0 Å². The number of hydrogen-bond acceptors (Lipinski definition) is 7. The van der Waals surface area contributed by atoms with Crippen molar-refractivity contribution in [3.8, 4) is 11.1 Å². The lowest BCUT2D eigenvalue weighted by Crippen LogP contribution is -2.36. The van der Waals surface area contributed by atoms with Gasteiger partial charge in [-0.25, -0.2) is 15.0 Å². The highest BCUT2D eigenvalue weighted by atomic mass is 19.4. The normalized spacial score (nSPS) is 14.0. The van der Waals surface area contributed by atoms with Gasteiger partial charge < -0.3 is 20.6 Å². The third-order valence-electron chi connectivity index (χ3n) is 7.92. The number of rotatable bonds is 6. The van der Waals surface area contributed by atoms with Crippen molar-refractivity contribution in [3.63, 3.8) is 0 Å². The summed E-state index contributed by atoms with van der Waals surface area (Å²) in [5, 5.41) is 16.5. The van der Waals surface area contributed by atoms with Gasteiger partial charge >= 0.3 is 6.18 Å². The van der Waals surface area contributed by atoms with Gasteiger partial charge in [0.1, 0.15) is 5.82 Å². The minimum absolute atomic E-state index is 0.0791. The van der Waals surface area contributed by atoms with E-state index in [9.17, 15) is 23.1 Å². The van der Waals surface area contributed by atoms with Crippen LogP contribution in [0.3, 0.4) is 0 Å². The Morgan fingerprint density at radius 1 is 0.911 bits per heavy atom. The van der Waals surface area contributed by atoms with Crippen molar-refractivity contribution < 1.29 is 23.1 Å². The average molecular weight is 613 g/mol. The first-order valence-electron chi connectivity index (χ1n) is 14.6. The second-order valence-corrected chi connectivity index (χ2v) is 11.2. The Morgan fingerprint density at radius 2 is 1.69 bits per heavy atom. The number of carbonyl (C=O) groups is 1. The number of halogens is 3. The lowest BCUT2D eigenvalue weighted by Gasteiger charge is -2.30.